The van der Waals surface area contributed by atoms with Gasteiger partial charge in [0.1, 0.15) is 18.1 Å². The molecule has 3 aromatic carbocycles. The number of sulfonamides is 1. The van der Waals surface area contributed by atoms with E-state index >= 15 is 0 Å². The second-order valence-corrected chi connectivity index (χ2v) is 12.3. The number of hydrogen-bond acceptors (Lipinski definition) is 5. The topological polar surface area (TPSA) is 93.1 Å². The molecule has 38 heavy (non-hydrogen) atoms. The van der Waals surface area contributed by atoms with Crippen molar-refractivity contribution in [2.24, 2.45) is 0 Å². The first-order valence-electron chi connectivity index (χ1n) is 12.8. The molecule has 7 nitrogen and oxygen atoms in total. The largest absolute Gasteiger partial charge is 0.489 e. The van der Waals surface area contributed by atoms with E-state index in [2.05, 4.69) is 0 Å². The smallest absolute Gasteiger partial charge is 0.344 e. The number of benzene rings is 3. The lowest BCUT2D eigenvalue weighted by molar-refractivity contribution is -0.145. The fourth-order valence-corrected chi connectivity index (χ4v) is 6.76. The standard InChI is InChI=1S/C30H35NO6S/c1-6-27(29(32)33)37-28-15-13-24(16-20(28)2)38(34,35)31-19-30(4,5)26-14-12-23(17-25(26)21(31)3)36-18-22-10-8-7-9-11-22/h7-17,21,27H,6,18-19H2,1-5H3,(H,32,33). The van der Waals surface area contributed by atoms with Crippen molar-refractivity contribution in [2.45, 2.75) is 70.1 Å². The summed E-state index contributed by atoms with van der Waals surface area (Å²) in [5.41, 5.74) is 3.22. The predicted octanol–water partition coefficient (Wildman–Crippen LogP) is 5.86. The quantitative estimate of drug-likeness (QED) is 0.368. The molecular weight excluding hydrogens is 502 g/mol. The number of carboxylic acid groups (broad SMARTS) is 1. The van der Waals surface area contributed by atoms with Crippen LogP contribution in [0.4, 0.5) is 0 Å². The molecule has 0 spiro atoms. The number of fused-ring (bicyclic) bond motifs is 1. The van der Waals surface area contributed by atoms with Gasteiger partial charge in [-0.15, -0.1) is 0 Å². The lowest BCUT2D eigenvalue weighted by Crippen LogP contribution is -2.47. The Hall–Kier alpha value is -3.36. The van der Waals surface area contributed by atoms with Crippen LogP contribution in [0.25, 0.3) is 0 Å². The molecule has 4 rings (SSSR count). The van der Waals surface area contributed by atoms with Gasteiger partial charge in [-0.3, -0.25) is 0 Å². The summed E-state index contributed by atoms with van der Waals surface area (Å²) in [5.74, 6) is -0.00900. The summed E-state index contributed by atoms with van der Waals surface area (Å²) in [6.45, 7) is 10.2. The third-order valence-corrected chi connectivity index (χ3v) is 9.01. The van der Waals surface area contributed by atoms with Crippen molar-refractivity contribution in [1.82, 2.24) is 4.31 Å². The van der Waals surface area contributed by atoms with Gasteiger partial charge >= 0.3 is 5.97 Å². The van der Waals surface area contributed by atoms with E-state index in [9.17, 15) is 18.3 Å². The van der Waals surface area contributed by atoms with Crippen molar-refractivity contribution in [2.75, 3.05) is 6.54 Å². The van der Waals surface area contributed by atoms with Crippen LogP contribution in [0.3, 0.4) is 0 Å². The molecule has 0 fully saturated rings. The third kappa shape index (κ3) is 5.56. The molecule has 0 amide bonds. The van der Waals surface area contributed by atoms with Gasteiger partial charge in [-0.25, -0.2) is 13.2 Å². The fraction of sp³-hybridized carbons (Fsp3) is 0.367. The Morgan fingerprint density at radius 3 is 2.45 bits per heavy atom. The van der Waals surface area contributed by atoms with Gasteiger partial charge in [-0.2, -0.15) is 4.31 Å². The van der Waals surface area contributed by atoms with Crippen LogP contribution in [-0.4, -0.2) is 36.4 Å². The van der Waals surface area contributed by atoms with Crippen molar-refractivity contribution in [3.8, 4) is 11.5 Å². The summed E-state index contributed by atoms with van der Waals surface area (Å²) in [5, 5.41) is 9.31. The van der Waals surface area contributed by atoms with Crippen molar-refractivity contribution in [3.63, 3.8) is 0 Å². The third-order valence-electron chi connectivity index (χ3n) is 7.10. The van der Waals surface area contributed by atoms with Crippen LogP contribution in [0.1, 0.15) is 62.4 Å². The summed E-state index contributed by atoms with van der Waals surface area (Å²) in [7, 11) is -3.86. The van der Waals surface area contributed by atoms with E-state index < -0.39 is 33.6 Å². The van der Waals surface area contributed by atoms with E-state index in [1.54, 1.807) is 19.9 Å². The number of carboxylic acids is 1. The van der Waals surface area contributed by atoms with Crippen LogP contribution < -0.4 is 9.47 Å². The molecule has 0 saturated carbocycles. The Morgan fingerprint density at radius 1 is 1.11 bits per heavy atom. The number of rotatable bonds is 9. The molecule has 1 aliphatic rings. The van der Waals surface area contributed by atoms with E-state index in [0.717, 1.165) is 16.7 Å². The zero-order valence-corrected chi connectivity index (χ0v) is 23.3. The van der Waals surface area contributed by atoms with Gasteiger partial charge < -0.3 is 14.6 Å². The average Bonchev–Trinajstić information content (AvgIpc) is 2.89. The Labute approximate surface area is 225 Å². The van der Waals surface area contributed by atoms with Gasteiger partial charge in [-0.1, -0.05) is 57.2 Å². The highest BCUT2D eigenvalue weighted by Gasteiger charge is 2.42. The van der Waals surface area contributed by atoms with Crippen LogP contribution >= 0.6 is 0 Å². The molecule has 0 aromatic heterocycles. The first-order valence-corrected chi connectivity index (χ1v) is 14.2. The molecule has 1 N–H and O–H groups in total. The highest BCUT2D eigenvalue weighted by atomic mass is 32.2. The van der Waals surface area contributed by atoms with Gasteiger partial charge in [0, 0.05) is 18.0 Å². The molecule has 1 heterocycles. The van der Waals surface area contributed by atoms with E-state index in [1.807, 2.05) is 69.3 Å². The zero-order valence-electron chi connectivity index (χ0n) is 22.5. The minimum atomic E-state index is -3.86. The first-order chi connectivity index (χ1) is 17.9. The number of nitrogens with zero attached hydrogens (tertiary/aromatic N) is 1. The Balaban J connectivity index is 1.62. The van der Waals surface area contributed by atoms with Gasteiger partial charge in [0.25, 0.3) is 0 Å². The summed E-state index contributed by atoms with van der Waals surface area (Å²) in [6.07, 6.45) is -0.694. The summed E-state index contributed by atoms with van der Waals surface area (Å²) < 4.78 is 41.0. The van der Waals surface area contributed by atoms with Gasteiger partial charge in [0.05, 0.1) is 4.90 Å². The Morgan fingerprint density at radius 2 is 1.82 bits per heavy atom. The summed E-state index contributed by atoms with van der Waals surface area (Å²) in [4.78, 5) is 11.5. The lowest BCUT2D eigenvalue weighted by atomic mass is 9.77. The minimum absolute atomic E-state index is 0.147. The molecule has 0 aliphatic carbocycles. The normalized spacial score (nSPS) is 17.9. The van der Waals surface area contributed by atoms with Crippen molar-refractivity contribution in [3.05, 3.63) is 89.0 Å². The van der Waals surface area contributed by atoms with Crippen LogP contribution in [0, 0.1) is 6.92 Å². The summed E-state index contributed by atoms with van der Waals surface area (Å²) >= 11 is 0. The average molecular weight is 538 g/mol. The number of aryl methyl sites for hydroxylation is 1. The molecule has 8 heteroatoms. The molecule has 0 radical (unpaired) electrons. The first kappa shape index (κ1) is 27.7. The van der Waals surface area contributed by atoms with E-state index in [0.29, 0.717) is 36.6 Å². The zero-order chi connectivity index (χ0) is 27.7. The number of hydrogen-bond donors (Lipinski definition) is 1. The van der Waals surface area contributed by atoms with E-state index in [1.165, 1.54) is 16.4 Å². The van der Waals surface area contributed by atoms with Gasteiger partial charge in [-0.05, 0) is 72.9 Å². The summed E-state index contributed by atoms with van der Waals surface area (Å²) in [6, 6.07) is 20.0. The Kier molecular flexibility index (Phi) is 7.85. The van der Waals surface area contributed by atoms with Gasteiger partial charge in [0.2, 0.25) is 10.0 Å². The lowest BCUT2D eigenvalue weighted by Gasteiger charge is -2.43. The van der Waals surface area contributed by atoms with Crippen LogP contribution in [0.5, 0.6) is 11.5 Å². The number of aliphatic carboxylic acids is 1. The van der Waals surface area contributed by atoms with Crippen LogP contribution in [-0.2, 0) is 26.8 Å². The minimum Gasteiger partial charge on any atom is -0.489 e. The molecule has 2 atom stereocenters. The van der Waals surface area contributed by atoms with Crippen molar-refractivity contribution < 1.29 is 27.8 Å². The molecule has 1 aliphatic heterocycles. The van der Waals surface area contributed by atoms with Crippen LogP contribution in [0.15, 0.2) is 71.6 Å². The number of ether oxygens (including phenoxy) is 2. The molecular formula is C30H35NO6S. The van der Waals surface area contributed by atoms with Gasteiger partial charge in [0.15, 0.2) is 6.10 Å². The molecule has 2 unspecified atom stereocenters. The SMILES string of the molecule is CCC(Oc1ccc(S(=O)(=O)N2CC(C)(C)c3ccc(OCc4ccccc4)cc3C2C)cc1C)C(=O)O. The molecule has 3 aromatic rings. The van der Waals surface area contributed by atoms with Crippen LogP contribution in [0.2, 0.25) is 0 Å². The maximum absolute atomic E-state index is 13.9. The van der Waals surface area contributed by atoms with E-state index in [-0.39, 0.29) is 4.90 Å². The van der Waals surface area contributed by atoms with E-state index in [4.69, 9.17) is 9.47 Å². The molecule has 202 valence electrons. The second-order valence-electron chi connectivity index (χ2n) is 10.4. The highest BCUT2D eigenvalue weighted by molar-refractivity contribution is 7.89. The highest BCUT2D eigenvalue weighted by Crippen LogP contribution is 2.43. The van der Waals surface area contributed by atoms with Crippen molar-refractivity contribution in [1.29, 1.82) is 0 Å². The molecule has 0 bridgehead atoms. The predicted molar refractivity (Wildman–Crippen MR) is 146 cm³/mol. The fourth-order valence-electron chi connectivity index (χ4n) is 4.91. The maximum Gasteiger partial charge on any atom is 0.344 e. The second kappa shape index (κ2) is 10.8. The Bertz CT molecular complexity index is 1420. The monoisotopic (exact) mass is 537 g/mol. The maximum atomic E-state index is 13.9. The molecule has 0 saturated heterocycles. The number of carbonyl (C=O) groups is 1. The van der Waals surface area contributed by atoms with Crippen molar-refractivity contribution >= 4 is 16.0 Å².